The monoisotopic (exact) mass is 258 g/mol. The molecule has 0 saturated carbocycles. The third-order valence-corrected chi connectivity index (χ3v) is 3.55. The first-order valence-electron chi connectivity index (χ1n) is 6.99. The number of anilines is 1. The number of oxazole rings is 1. The molecule has 19 heavy (non-hydrogen) atoms. The van der Waals surface area contributed by atoms with Crippen LogP contribution in [0.1, 0.15) is 32.6 Å². The van der Waals surface area contributed by atoms with E-state index in [-0.39, 0.29) is 0 Å². The van der Waals surface area contributed by atoms with Gasteiger partial charge in [0.05, 0.1) is 0 Å². The van der Waals surface area contributed by atoms with Crippen molar-refractivity contribution < 1.29 is 4.42 Å². The molecule has 1 heterocycles. The normalized spacial score (nSPS) is 10.9. The van der Waals surface area contributed by atoms with Crippen molar-refractivity contribution in [3.63, 3.8) is 0 Å². The zero-order valence-electron chi connectivity index (χ0n) is 11.9. The molecule has 3 nitrogen and oxygen atoms in total. The lowest BCUT2D eigenvalue weighted by molar-refractivity contribution is 0.519. The number of hydrogen-bond acceptors (Lipinski definition) is 3. The molecule has 1 aromatic carbocycles. The maximum absolute atomic E-state index is 5.23. The summed E-state index contributed by atoms with van der Waals surface area (Å²) < 4.78 is 5.23. The van der Waals surface area contributed by atoms with Crippen molar-refractivity contribution in [2.24, 2.45) is 5.92 Å². The lowest BCUT2D eigenvalue weighted by Gasteiger charge is -2.14. The molecule has 0 aliphatic rings. The Labute approximate surface area is 115 Å². The van der Waals surface area contributed by atoms with E-state index in [1.165, 1.54) is 12.8 Å². The first-order valence-corrected chi connectivity index (χ1v) is 6.99. The van der Waals surface area contributed by atoms with Gasteiger partial charge in [-0.05, 0) is 18.1 Å². The van der Waals surface area contributed by atoms with Gasteiger partial charge in [-0.25, -0.2) is 4.98 Å². The van der Waals surface area contributed by atoms with Crippen molar-refractivity contribution >= 4 is 5.69 Å². The Balaban J connectivity index is 1.98. The minimum absolute atomic E-state index is 0.700. The lowest BCUT2D eigenvalue weighted by Crippen LogP contribution is -2.12. The molecule has 0 aliphatic heterocycles. The van der Waals surface area contributed by atoms with Gasteiger partial charge in [-0.15, -0.1) is 0 Å². The third kappa shape index (κ3) is 3.60. The fraction of sp³-hybridized carbons (Fsp3) is 0.438. The van der Waals surface area contributed by atoms with Crippen molar-refractivity contribution in [1.82, 2.24) is 4.98 Å². The second kappa shape index (κ2) is 6.41. The van der Waals surface area contributed by atoms with E-state index in [0.29, 0.717) is 5.89 Å². The molecule has 0 atom stereocenters. The van der Waals surface area contributed by atoms with Gasteiger partial charge >= 0.3 is 0 Å². The Bertz CT molecular complexity index is 498. The standard InChI is InChI=1S/C16H22N2O/c1-4-13(5-2)10-17-15-8-6-14(7-9-15)16-11-19-12(3)18-16/h6-9,11,13,17H,4-5,10H2,1-3H3. The van der Waals surface area contributed by atoms with Gasteiger partial charge in [-0.2, -0.15) is 0 Å². The van der Waals surface area contributed by atoms with Gasteiger partial charge < -0.3 is 9.73 Å². The molecule has 0 fully saturated rings. The van der Waals surface area contributed by atoms with Crippen molar-refractivity contribution in [2.45, 2.75) is 33.6 Å². The van der Waals surface area contributed by atoms with Crippen molar-refractivity contribution in [1.29, 1.82) is 0 Å². The molecule has 2 aromatic rings. The van der Waals surface area contributed by atoms with Crippen LogP contribution in [-0.4, -0.2) is 11.5 Å². The molecule has 0 aliphatic carbocycles. The first-order chi connectivity index (χ1) is 9.22. The molecule has 0 bridgehead atoms. The van der Waals surface area contributed by atoms with Crippen LogP contribution in [-0.2, 0) is 0 Å². The van der Waals surface area contributed by atoms with Crippen LogP contribution in [0, 0.1) is 12.8 Å². The second-order valence-corrected chi connectivity index (χ2v) is 4.89. The number of hydrogen-bond donors (Lipinski definition) is 1. The number of benzene rings is 1. The zero-order chi connectivity index (χ0) is 13.7. The van der Waals surface area contributed by atoms with E-state index in [0.717, 1.165) is 29.4 Å². The highest BCUT2D eigenvalue weighted by molar-refractivity contribution is 5.61. The van der Waals surface area contributed by atoms with Gasteiger partial charge in [0.1, 0.15) is 12.0 Å². The number of nitrogens with zero attached hydrogens (tertiary/aromatic N) is 1. The van der Waals surface area contributed by atoms with Crippen LogP contribution < -0.4 is 5.32 Å². The highest BCUT2D eigenvalue weighted by Crippen LogP contribution is 2.21. The van der Waals surface area contributed by atoms with Gasteiger partial charge in [0.25, 0.3) is 0 Å². The molecule has 0 radical (unpaired) electrons. The minimum atomic E-state index is 0.700. The molecule has 0 spiro atoms. The predicted octanol–water partition coefficient (Wildman–Crippen LogP) is 4.50. The van der Waals surface area contributed by atoms with E-state index in [9.17, 15) is 0 Å². The molecular formula is C16H22N2O. The van der Waals surface area contributed by atoms with Crippen molar-refractivity contribution in [3.8, 4) is 11.3 Å². The summed E-state index contributed by atoms with van der Waals surface area (Å²) in [5, 5.41) is 3.49. The number of nitrogens with one attached hydrogen (secondary N) is 1. The Morgan fingerprint density at radius 3 is 2.37 bits per heavy atom. The SMILES string of the molecule is CCC(CC)CNc1ccc(-c2coc(C)n2)cc1. The van der Waals surface area contributed by atoms with Crippen LogP contribution in [0.4, 0.5) is 5.69 Å². The molecule has 2 rings (SSSR count). The predicted molar refractivity (Wildman–Crippen MR) is 79.2 cm³/mol. The van der Waals surface area contributed by atoms with Gasteiger partial charge in [-0.1, -0.05) is 38.8 Å². The summed E-state index contributed by atoms with van der Waals surface area (Å²) in [6.07, 6.45) is 4.14. The van der Waals surface area contributed by atoms with E-state index in [4.69, 9.17) is 4.42 Å². The summed E-state index contributed by atoms with van der Waals surface area (Å²) in [7, 11) is 0. The van der Waals surface area contributed by atoms with Crippen LogP contribution in [0.15, 0.2) is 34.9 Å². The molecular weight excluding hydrogens is 236 g/mol. The summed E-state index contributed by atoms with van der Waals surface area (Å²) in [6, 6.07) is 8.35. The van der Waals surface area contributed by atoms with Crippen molar-refractivity contribution in [2.75, 3.05) is 11.9 Å². The van der Waals surface area contributed by atoms with E-state index < -0.39 is 0 Å². The van der Waals surface area contributed by atoms with E-state index in [1.807, 2.05) is 6.92 Å². The average Bonchev–Trinajstić information content (AvgIpc) is 2.87. The molecule has 102 valence electrons. The Hall–Kier alpha value is -1.77. The van der Waals surface area contributed by atoms with Gasteiger partial charge in [0, 0.05) is 24.7 Å². The van der Waals surface area contributed by atoms with E-state index in [2.05, 4.69) is 48.4 Å². The maximum Gasteiger partial charge on any atom is 0.191 e. The van der Waals surface area contributed by atoms with Crippen LogP contribution in [0.5, 0.6) is 0 Å². The van der Waals surface area contributed by atoms with Crippen LogP contribution in [0.25, 0.3) is 11.3 Å². The molecule has 3 heteroatoms. The number of aryl methyl sites for hydroxylation is 1. The third-order valence-electron chi connectivity index (χ3n) is 3.55. The molecule has 0 unspecified atom stereocenters. The summed E-state index contributed by atoms with van der Waals surface area (Å²) in [6.45, 7) is 7.38. The van der Waals surface area contributed by atoms with Crippen LogP contribution >= 0.6 is 0 Å². The van der Waals surface area contributed by atoms with Gasteiger partial charge in [-0.3, -0.25) is 0 Å². The summed E-state index contributed by atoms with van der Waals surface area (Å²) >= 11 is 0. The Kier molecular flexibility index (Phi) is 4.61. The molecule has 0 amide bonds. The van der Waals surface area contributed by atoms with E-state index in [1.54, 1.807) is 6.26 Å². The quantitative estimate of drug-likeness (QED) is 0.829. The van der Waals surface area contributed by atoms with Crippen LogP contribution in [0.2, 0.25) is 0 Å². The maximum atomic E-state index is 5.23. The Morgan fingerprint density at radius 2 is 1.84 bits per heavy atom. The average molecular weight is 258 g/mol. The largest absolute Gasteiger partial charge is 0.449 e. The van der Waals surface area contributed by atoms with Gasteiger partial charge in [0.15, 0.2) is 5.89 Å². The summed E-state index contributed by atoms with van der Waals surface area (Å²) in [5.41, 5.74) is 3.14. The van der Waals surface area contributed by atoms with Crippen molar-refractivity contribution in [3.05, 3.63) is 36.4 Å². The minimum Gasteiger partial charge on any atom is -0.449 e. The van der Waals surface area contributed by atoms with E-state index >= 15 is 0 Å². The number of rotatable bonds is 6. The highest BCUT2D eigenvalue weighted by Gasteiger charge is 2.05. The second-order valence-electron chi connectivity index (χ2n) is 4.89. The summed E-state index contributed by atoms with van der Waals surface area (Å²) in [5.74, 6) is 1.45. The fourth-order valence-corrected chi connectivity index (χ4v) is 2.09. The highest BCUT2D eigenvalue weighted by atomic mass is 16.3. The zero-order valence-corrected chi connectivity index (χ0v) is 11.9. The summed E-state index contributed by atoms with van der Waals surface area (Å²) in [4.78, 5) is 4.32. The molecule has 1 aromatic heterocycles. The first kappa shape index (κ1) is 13.7. The lowest BCUT2D eigenvalue weighted by atomic mass is 10.0. The smallest absolute Gasteiger partial charge is 0.191 e. The Morgan fingerprint density at radius 1 is 1.16 bits per heavy atom. The number of aromatic nitrogens is 1. The molecule has 0 saturated heterocycles. The fourth-order valence-electron chi connectivity index (χ4n) is 2.09. The van der Waals surface area contributed by atoms with Gasteiger partial charge in [0.2, 0.25) is 0 Å². The van der Waals surface area contributed by atoms with Crippen LogP contribution in [0.3, 0.4) is 0 Å². The topological polar surface area (TPSA) is 38.1 Å². The molecule has 1 N–H and O–H groups in total.